The Morgan fingerprint density at radius 2 is 2.11 bits per heavy atom. The van der Waals surface area contributed by atoms with Crippen LogP contribution in [0.3, 0.4) is 0 Å². The van der Waals surface area contributed by atoms with Crippen LogP contribution in [0.2, 0.25) is 0 Å². The zero-order valence-corrected chi connectivity index (χ0v) is 12.4. The van der Waals surface area contributed by atoms with Gasteiger partial charge in [-0.15, -0.1) is 0 Å². The highest BCUT2D eigenvalue weighted by atomic mass is 16.2. The largest absolute Gasteiger partial charge is 0.340 e. The first-order valence-corrected chi connectivity index (χ1v) is 7.59. The summed E-state index contributed by atoms with van der Waals surface area (Å²) in [6, 6.07) is 0.495. The van der Waals surface area contributed by atoms with Crippen LogP contribution in [-0.2, 0) is 4.79 Å². The molecule has 106 valence electrons. The van der Waals surface area contributed by atoms with Crippen LogP contribution < -0.4 is 5.32 Å². The van der Waals surface area contributed by atoms with Gasteiger partial charge in [0, 0.05) is 19.0 Å². The molecule has 1 amide bonds. The molecule has 0 aromatic carbocycles. The highest BCUT2D eigenvalue weighted by Gasteiger charge is 2.25. The van der Waals surface area contributed by atoms with Crippen molar-refractivity contribution in [1.82, 2.24) is 10.2 Å². The average molecular weight is 254 g/mol. The molecular weight excluding hydrogens is 224 g/mol. The molecule has 0 spiro atoms. The molecule has 1 unspecified atom stereocenters. The molecule has 3 heteroatoms. The van der Waals surface area contributed by atoms with Crippen molar-refractivity contribution in [2.24, 2.45) is 5.92 Å². The Bertz CT molecular complexity index is 241. The second kappa shape index (κ2) is 8.52. The van der Waals surface area contributed by atoms with E-state index in [0.717, 1.165) is 25.9 Å². The van der Waals surface area contributed by atoms with Crippen molar-refractivity contribution in [1.29, 1.82) is 0 Å². The van der Waals surface area contributed by atoms with E-state index in [9.17, 15) is 4.79 Å². The van der Waals surface area contributed by atoms with Crippen molar-refractivity contribution in [2.45, 2.75) is 64.8 Å². The minimum Gasteiger partial charge on any atom is -0.340 e. The van der Waals surface area contributed by atoms with Gasteiger partial charge in [-0.2, -0.15) is 0 Å². The number of rotatable bonds is 6. The smallest absolute Gasteiger partial charge is 0.222 e. The molecule has 1 fully saturated rings. The summed E-state index contributed by atoms with van der Waals surface area (Å²) >= 11 is 0. The van der Waals surface area contributed by atoms with E-state index in [1.165, 1.54) is 25.7 Å². The molecule has 0 bridgehead atoms. The maximum atomic E-state index is 12.3. The molecule has 1 aliphatic heterocycles. The van der Waals surface area contributed by atoms with Gasteiger partial charge in [0.1, 0.15) is 0 Å². The first kappa shape index (κ1) is 15.5. The number of carbonyl (C=O) groups excluding carboxylic acids is 1. The summed E-state index contributed by atoms with van der Waals surface area (Å²) in [4.78, 5) is 14.5. The van der Waals surface area contributed by atoms with Gasteiger partial charge in [0.2, 0.25) is 5.91 Å². The van der Waals surface area contributed by atoms with Crippen LogP contribution in [0.5, 0.6) is 0 Å². The van der Waals surface area contributed by atoms with Gasteiger partial charge in [0.15, 0.2) is 0 Å². The molecule has 1 saturated heterocycles. The zero-order valence-electron chi connectivity index (χ0n) is 12.4. The minimum atomic E-state index is 0.373. The van der Waals surface area contributed by atoms with Crippen molar-refractivity contribution < 1.29 is 4.79 Å². The molecule has 0 radical (unpaired) electrons. The Balaban J connectivity index is 2.52. The highest BCUT2D eigenvalue weighted by Crippen LogP contribution is 2.23. The summed E-state index contributed by atoms with van der Waals surface area (Å²) in [6.45, 7) is 6.44. The third-order valence-corrected chi connectivity index (χ3v) is 3.76. The first-order valence-electron chi connectivity index (χ1n) is 7.59. The molecule has 1 heterocycles. The Morgan fingerprint density at radius 3 is 2.78 bits per heavy atom. The third-order valence-electron chi connectivity index (χ3n) is 3.76. The highest BCUT2D eigenvalue weighted by molar-refractivity contribution is 5.76. The van der Waals surface area contributed by atoms with E-state index < -0.39 is 0 Å². The molecule has 1 rings (SSSR count). The monoisotopic (exact) mass is 254 g/mol. The van der Waals surface area contributed by atoms with Gasteiger partial charge in [-0.05, 0) is 45.2 Å². The predicted molar refractivity (Wildman–Crippen MR) is 76.6 cm³/mol. The number of hydrogen-bond donors (Lipinski definition) is 1. The van der Waals surface area contributed by atoms with E-state index >= 15 is 0 Å². The molecule has 0 aromatic rings. The molecule has 0 saturated carbocycles. The van der Waals surface area contributed by atoms with Crippen molar-refractivity contribution in [3.05, 3.63) is 0 Å². The van der Waals surface area contributed by atoms with Crippen molar-refractivity contribution >= 4 is 5.91 Å². The van der Waals surface area contributed by atoms with Crippen LogP contribution in [0.25, 0.3) is 0 Å². The van der Waals surface area contributed by atoms with Gasteiger partial charge < -0.3 is 10.2 Å². The summed E-state index contributed by atoms with van der Waals surface area (Å²) < 4.78 is 0. The van der Waals surface area contributed by atoms with Gasteiger partial charge in [-0.3, -0.25) is 4.79 Å². The van der Waals surface area contributed by atoms with Crippen molar-refractivity contribution in [2.75, 3.05) is 20.1 Å². The standard InChI is InChI=1S/C15H30N2O/c1-13(2)12-14-8-5-4-6-11-17(14)15(18)9-7-10-16-3/h13-14,16H,4-12H2,1-3H3. The number of nitrogens with zero attached hydrogens (tertiary/aromatic N) is 1. The first-order chi connectivity index (χ1) is 8.65. The van der Waals surface area contributed by atoms with Crippen LogP contribution >= 0.6 is 0 Å². The van der Waals surface area contributed by atoms with Gasteiger partial charge in [0.05, 0.1) is 0 Å². The van der Waals surface area contributed by atoms with E-state index in [2.05, 4.69) is 24.1 Å². The van der Waals surface area contributed by atoms with Gasteiger partial charge in [0.25, 0.3) is 0 Å². The van der Waals surface area contributed by atoms with E-state index in [1.54, 1.807) is 0 Å². The predicted octanol–water partition coefficient (Wildman–Crippen LogP) is 2.80. The minimum absolute atomic E-state index is 0.373. The Labute approximate surface area is 112 Å². The molecule has 1 atom stereocenters. The number of nitrogens with one attached hydrogen (secondary N) is 1. The second-order valence-corrected chi connectivity index (χ2v) is 5.93. The second-order valence-electron chi connectivity index (χ2n) is 5.93. The number of amides is 1. The normalized spacial score (nSPS) is 21.1. The number of likely N-dealkylation sites (tertiary alicyclic amines) is 1. The molecule has 3 nitrogen and oxygen atoms in total. The van der Waals surface area contributed by atoms with Crippen molar-refractivity contribution in [3.63, 3.8) is 0 Å². The van der Waals surface area contributed by atoms with Crippen LogP contribution in [0, 0.1) is 5.92 Å². The lowest BCUT2D eigenvalue weighted by Gasteiger charge is -2.31. The van der Waals surface area contributed by atoms with E-state index in [0.29, 0.717) is 24.3 Å². The van der Waals surface area contributed by atoms with Crippen LogP contribution in [0.4, 0.5) is 0 Å². The van der Waals surface area contributed by atoms with Gasteiger partial charge in [-0.1, -0.05) is 26.7 Å². The molecular formula is C15H30N2O. The fourth-order valence-electron chi connectivity index (χ4n) is 2.85. The fourth-order valence-corrected chi connectivity index (χ4v) is 2.85. The summed E-state index contributed by atoms with van der Waals surface area (Å²) in [6.07, 6.45) is 7.79. The summed E-state index contributed by atoms with van der Waals surface area (Å²) in [5.74, 6) is 1.05. The number of carbonyl (C=O) groups is 1. The van der Waals surface area contributed by atoms with Crippen LogP contribution in [0.1, 0.15) is 58.8 Å². The van der Waals surface area contributed by atoms with E-state index in [-0.39, 0.29) is 0 Å². The molecule has 0 aliphatic carbocycles. The Kier molecular flexibility index (Phi) is 7.33. The SMILES string of the molecule is CNCCCC(=O)N1CCCCCC1CC(C)C. The average Bonchev–Trinajstić information content (AvgIpc) is 2.54. The molecule has 0 aromatic heterocycles. The lowest BCUT2D eigenvalue weighted by molar-refractivity contribution is -0.133. The van der Waals surface area contributed by atoms with E-state index in [4.69, 9.17) is 0 Å². The van der Waals surface area contributed by atoms with Crippen LogP contribution in [0.15, 0.2) is 0 Å². The van der Waals surface area contributed by atoms with Gasteiger partial charge in [-0.25, -0.2) is 0 Å². The maximum absolute atomic E-state index is 12.3. The van der Waals surface area contributed by atoms with E-state index in [1.807, 2.05) is 7.05 Å². The van der Waals surface area contributed by atoms with Crippen molar-refractivity contribution in [3.8, 4) is 0 Å². The Hall–Kier alpha value is -0.570. The molecule has 18 heavy (non-hydrogen) atoms. The van der Waals surface area contributed by atoms with Crippen LogP contribution in [-0.4, -0.2) is 37.0 Å². The molecule has 1 aliphatic rings. The third kappa shape index (κ3) is 5.38. The zero-order chi connectivity index (χ0) is 13.4. The fraction of sp³-hybridized carbons (Fsp3) is 0.933. The number of hydrogen-bond acceptors (Lipinski definition) is 2. The lowest BCUT2D eigenvalue weighted by atomic mass is 9.98. The topological polar surface area (TPSA) is 32.3 Å². The maximum Gasteiger partial charge on any atom is 0.222 e. The lowest BCUT2D eigenvalue weighted by Crippen LogP contribution is -2.40. The molecule has 1 N–H and O–H groups in total. The summed E-state index contributed by atoms with van der Waals surface area (Å²) in [5, 5.41) is 3.11. The van der Waals surface area contributed by atoms with Gasteiger partial charge >= 0.3 is 0 Å². The summed E-state index contributed by atoms with van der Waals surface area (Å²) in [7, 11) is 1.94. The summed E-state index contributed by atoms with van der Waals surface area (Å²) in [5.41, 5.74) is 0. The Morgan fingerprint density at radius 1 is 1.33 bits per heavy atom. The quantitative estimate of drug-likeness (QED) is 0.739.